The zero-order valence-electron chi connectivity index (χ0n) is 19.5. The fraction of sp³-hybridized carbons (Fsp3) is 0.577. The Bertz CT molecular complexity index is 965. The molecule has 1 fully saturated rings. The zero-order chi connectivity index (χ0) is 22.3. The number of ether oxygens (including phenoxy) is 3. The normalized spacial score (nSPS) is 32.6. The standard InChI is InChI=1S/C26H34N2O4/c1-17-14-20-23(28-10-12-30-13-11-28)24-22(18(2)26(20,3)21(15-17)29-4)25(27-32-24)31-16-19-8-6-5-7-9-19/h5-9,15,17-18,20,23H,10-14,16H2,1-4H3/t17?,18?,20?,23-,26?/m0/s1. The molecule has 1 saturated heterocycles. The minimum atomic E-state index is -0.159. The molecular weight excluding hydrogens is 404 g/mol. The molecule has 2 heterocycles. The summed E-state index contributed by atoms with van der Waals surface area (Å²) in [4.78, 5) is 2.52. The van der Waals surface area contributed by atoms with Gasteiger partial charge in [-0.25, -0.2) is 0 Å². The number of morpholine rings is 1. The lowest BCUT2D eigenvalue weighted by atomic mass is 9.54. The van der Waals surface area contributed by atoms with E-state index in [1.165, 1.54) is 0 Å². The summed E-state index contributed by atoms with van der Waals surface area (Å²) in [5, 5.41) is 4.45. The molecule has 172 valence electrons. The van der Waals surface area contributed by atoms with Crippen LogP contribution in [0.5, 0.6) is 5.88 Å². The van der Waals surface area contributed by atoms with Crippen LogP contribution in [-0.2, 0) is 16.1 Å². The fourth-order valence-corrected chi connectivity index (χ4v) is 6.11. The van der Waals surface area contributed by atoms with Crippen LogP contribution >= 0.6 is 0 Å². The quantitative estimate of drug-likeness (QED) is 0.659. The molecule has 1 aliphatic heterocycles. The van der Waals surface area contributed by atoms with Crippen molar-refractivity contribution in [2.75, 3.05) is 33.4 Å². The van der Waals surface area contributed by atoms with Crippen molar-refractivity contribution in [2.45, 2.75) is 45.8 Å². The molecule has 0 N–H and O–H groups in total. The van der Waals surface area contributed by atoms with Crippen LogP contribution in [0.4, 0.5) is 0 Å². The first-order chi connectivity index (χ1) is 15.5. The second kappa shape index (κ2) is 8.56. The molecule has 5 rings (SSSR count). The summed E-state index contributed by atoms with van der Waals surface area (Å²) in [7, 11) is 1.80. The van der Waals surface area contributed by atoms with E-state index in [1.807, 2.05) is 18.2 Å². The Hall–Kier alpha value is -2.31. The average Bonchev–Trinajstić information content (AvgIpc) is 3.24. The van der Waals surface area contributed by atoms with Gasteiger partial charge in [0.25, 0.3) is 5.88 Å². The van der Waals surface area contributed by atoms with Gasteiger partial charge in [0.05, 0.1) is 37.7 Å². The molecule has 0 bridgehead atoms. The Labute approximate surface area is 190 Å². The van der Waals surface area contributed by atoms with Gasteiger partial charge >= 0.3 is 0 Å². The Morgan fingerprint density at radius 1 is 1.16 bits per heavy atom. The van der Waals surface area contributed by atoms with E-state index in [0.717, 1.165) is 55.4 Å². The van der Waals surface area contributed by atoms with Gasteiger partial charge in [-0.3, -0.25) is 4.90 Å². The van der Waals surface area contributed by atoms with Crippen molar-refractivity contribution in [3.8, 4) is 5.88 Å². The van der Waals surface area contributed by atoms with Crippen molar-refractivity contribution < 1.29 is 18.7 Å². The lowest BCUT2D eigenvalue weighted by Gasteiger charge is -2.54. The second-order valence-corrected chi connectivity index (χ2v) is 9.69. The van der Waals surface area contributed by atoms with Gasteiger partial charge in [-0.2, -0.15) is 0 Å². The first kappa shape index (κ1) is 21.5. The highest BCUT2D eigenvalue weighted by atomic mass is 16.5. The van der Waals surface area contributed by atoms with Crippen molar-refractivity contribution in [3.05, 3.63) is 59.1 Å². The van der Waals surface area contributed by atoms with Crippen LogP contribution in [-0.4, -0.2) is 43.5 Å². The van der Waals surface area contributed by atoms with Gasteiger partial charge in [-0.1, -0.05) is 51.1 Å². The van der Waals surface area contributed by atoms with Crippen LogP contribution in [0, 0.1) is 17.3 Å². The number of allylic oxidation sites excluding steroid dienone is 2. The maximum Gasteiger partial charge on any atom is 0.258 e. The van der Waals surface area contributed by atoms with Crippen LogP contribution in [0.2, 0.25) is 0 Å². The van der Waals surface area contributed by atoms with Gasteiger partial charge in [0.15, 0.2) is 5.76 Å². The van der Waals surface area contributed by atoms with E-state index in [4.69, 9.17) is 18.7 Å². The molecule has 1 aromatic heterocycles. The van der Waals surface area contributed by atoms with E-state index in [9.17, 15) is 0 Å². The van der Waals surface area contributed by atoms with E-state index >= 15 is 0 Å². The van der Waals surface area contributed by atoms with Gasteiger partial charge in [0.2, 0.25) is 0 Å². The summed E-state index contributed by atoms with van der Waals surface area (Å²) in [5.41, 5.74) is 2.05. The van der Waals surface area contributed by atoms with Crippen molar-refractivity contribution in [3.63, 3.8) is 0 Å². The van der Waals surface area contributed by atoms with E-state index in [-0.39, 0.29) is 17.4 Å². The van der Waals surface area contributed by atoms with Crippen molar-refractivity contribution in [1.29, 1.82) is 0 Å². The number of methoxy groups -OCH3 is 1. The van der Waals surface area contributed by atoms with Crippen molar-refractivity contribution in [1.82, 2.24) is 10.1 Å². The average molecular weight is 439 g/mol. The minimum Gasteiger partial charge on any atom is -0.501 e. The highest BCUT2D eigenvalue weighted by molar-refractivity contribution is 5.43. The van der Waals surface area contributed by atoms with E-state index in [0.29, 0.717) is 24.3 Å². The lowest BCUT2D eigenvalue weighted by molar-refractivity contribution is -0.0561. The molecule has 6 heteroatoms. The smallest absolute Gasteiger partial charge is 0.258 e. The number of benzene rings is 1. The van der Waals surface area contributed by atoms with E-state index in [2.05, 4.69) is 49.0 Å². The monoisotopic (exact) mass is 438 g/mol. The molecule has 1 aromatic carbocycles. The SMILES string of the molecule is COC1=CC(C)CC2[C@H](N3CCOCC3)c3onc(OCc4ccccc4)c3C(C)C12C. The van der Waals surface area contributed by atoms with Gasteiger partial charge < -0.3 is 18.7 Å². The highest BCUT2D eigenvalue weighted by Crippen LogP contribution is 2.63. The summed E-state index contributed by atoms with van der Waals surface area (Å²) in [6.07, 6.45) is 3.41. The molecule has 32 heavy (non-hydrogen) atoms. The molecule has 0 amide bonds. The Kier molecular flexibility index (Phi) is 5.76. The Balaban J connectivity index is 1.57. The third kappa shape index (κ3) is 3.44. The van der Waals surface area contributed by atoms with Gasteiger partial charge in [-0.15, -0.1) is 0 Å². The highest BCUT2D eigenvalue weighted by Gasteiger charge is 2.58. The van der Waals surface area contributed by atoms with Crippen LogP contribution in [0.1, 0.15) is 56.0 Å². The summed E-state index contributed by atoms with van der Waals surface area (Å²) in [6.45, 7) is 10.7. The maximum absolute atomic E-state index is 6.24. The summed E-state index contributed by atoms with van der Waals surface area (Å²) in [6, 6.07) is 10.3. The molecular formula is C26H34N2O4. The van der Waals surface area contributed by atoms with Crippen LogP contribution < -0.4 is 4.74 Å². The summed E-state index contributed by atoms with van der Waals surface area (Å²) >= 11 is 0. The predicted octanol–water partition coefficient (Wildman–Crippen LogP) is 4.94. The first-order valence-electron chi connectivity index (χ1n) is 11.8. The van der Waals surface area contributed by atoms with Gasteiger partial charge in [-0.05, 0) is 35.1 Å². The molecule has 6 nitrogen and oxygen atoms in total. The second-order valence-electron chi connectivity index (χ2n) is 9.69. The first-order valence-corrected chi connectivity index (χ1v) is 11.8. The summed E-state index contributed by atoms with van der Waals surface area (Å²) in [5.74, 6) is 3.64. The Morgan fingerprint density at radius 3 is 2.62 bits per heavy atom. The molecule has 5 atom stereocenters. The fourth-order valence-electron chi connectivity index (χ4n) is 6.11. The van der Waals surface area contributed by atoms with E-state index in [1.54, 1.807) is 7.11 Å². The molecule has 0 radical (unpaired) electrons. The van der Waals surface area contributed by atoms with E-state index < -0.39 is 0 Å². The molecule has 0 saturated carbocycles. The van der Waals surface area contributed by atoms with Crippen LogP contribution in [0.15, 0.2) is 46.7 Å². The number of hydrogen-bond donors (Lipinski definition) is 0. The Morgan fingerprint density at radius 2 is 1.91 bits per heavy atom. The number of aromatic nitrogens is 1. The molecule has 0 spiro atoms. The van der Waals surface area contributed by atoms with Crippen LogP contribution in [0.25, 0.3) is 0 Å². The lowest BCUT2D eigenvalue weighted by Crippen LogP contribution is -2.52. The largest absolute Gasteiger partial charge is 0.501 e. The molecule has 4 unspecified atom stereocenters. The number of fused-ring (bicyclic) bond motifs is 2. The van der Waals surface area contributed by atoms with Crippen molar-refractivity contribution >= 4 is 0 Å². The third-order valence-corrected chi connectivity index (χ3v) is 7.95. The minimum absolute atomic E-state index is 0.137. The van der Waals surface area contributed by atoms with Crippen LogP contribution in [0.3, 0.4) is 0 Å². The number of rotatable bonds is 5. The number of hydrogen-bond acceptors (Lipinski definition) is 6. The molecule has 3 aliphatic rings. The predicted molar refractivity (Wildman–Crippen MR) is 121 cm³/mol. The van der Waals surface area contributed by atoms with Crippen molar-refractivity contribution in [2.24, 2.45) is 17.3 Å². The van der Waals surface area contributed by atoms with Gasteiger partial charge in [0, 0.05) is 24.4 Å². The van der Waals surface area contributed by atoms with Gasteiger partial charge in [0.1, 0.15) is 6.61 Å². The number of nitrogens with zero attached hydrogens (tertiary/aromatic N) is 2. The topological polar surface area (TPSA) is 57.0 Å². The summed E-state index contributed by atoms with van der Waals surface area (Å²) < 4.78 is 24.0. The molecule has 2 aromatic rings. The third-order valence-electron chi connectivity index (χ3n) is 7.95. The molecule has 2 aliphatic carbocycles. The maximum atomic E-state index is 6.24. The zero-order valence-corrected chi connectivity index (χ0v) is 19.5.